The monoisotopic (exact) mass is 232 g/mol. The maximum Gasteiger partial charge on any atom is 0.182 e. The highest BCUT2D eigenvalue weighted by atomic mass is 32.1. The van der Waals surface area contributed by atoms with Gasteiger partial charge in [-0.1, -0.05) is 26.0 Å². The van der Waals surface area contributed by atoms with E-state index in [1.165, 1.54) is 11.3 Å². The summed E-state index contributed by atoms with van der Waals surface area (Å²) in [5.41, 5.74) is 3.60. The molecule has 0 amide bonds. The van der Waals surface area contributed by atoms with Gasteiger partial charge in [-0.3, -0.25) is 4.57 Å². The Labute approximate surface area is 101 Å². The molecule has 84 valence electrons. The average molecular weight is 232 g/mol. The van der Waals surface area contributed by atoms with E-state index >= 15 is 0 Å². The highest BCUT2D eigenvalue weighted by molar-refractivity contribution is 7.71. The first-order valence-electron chi connectivity index (χ1n) is 5.47. The van der Waals surface area contributed by atoms with Crippen molar-refractivity contribution in [1.82, 2.24) is 9.55 Å². The molecule has 16 heavy (non-hydrogen) atoms. The van der Waals surface area contributed by atoms with Gasteiger partial charge in [-0.2, -0.15) is 0 Å². The largest absolute Gasteiger partial charge is 0.337 e. The second-order valence-electron chi connectivity index (χ2n) is 4.35. The fraction of sp³-hybridized carbons (Fsp3) is 0.308. The first-order valence-corrected chi connectivity index (χ1v) is 5.88. The van der Waals surface area contributed by atoms with Gasteiger partial charge in [-0.05, 0) is 42.8 Å². The van der Waals surface area contributed by atoms with Crippen LogP contribution in [0.25, 0.3) is 5.69 Å². The molecule has 3 heteroatoms. The van der Waals surface area contributed by atoms with Gasteiger partial charge in [0.15, 0.2) is 4.77 Å². The molecule has 0 aliphatic rings. The molecular weight excluding hydrogens is 216 g/mol. The number of hydrogen-bond acceptors (Lipinski definition) is 1. The predicted octanol–water partition coefficient (Wildman–Crippen LogP) is 3.97. The van der Waals surface area contributed by atoms with E-state index in [9.17, 15) is 0 Å². The van der Waals surface area contributed by atoms with Crippen molar-refractivity contribution in [3.63, 3.8) is 0 Å². The molecule has 0 saturated heterocycles. The van der Waals surface area contributed by atoms with E-state index in [-0.39, 0.29) is 0 Å². The van der Waals surface area contributed by atoms with Gasteiger partial charge in [0.05, 0.1) is 0 Å². The minimum atomic E-state index is 0.452. The van der Waals surface area contributed by atoms with Crippen LogP contribution in [-0.4, -0.2) is 9.55 Å². The lowest BCUT2D eigenvalue weighted by Gasteiger charge is -2.11. The smallest absolute Gasteiger partial charge is 0.182 e. The summed E-state index contributed by atoms with van der Waals surface area (Å²) in [6.45, 7) is 6.43. The summed E-state index contributed by atoms with van der Waals surface area (Å²) in [5, 5.41) is 0. The lowest BCUT2D eigenvalue weighted by Crippen LogP contribution is -2.01. The van der Waals surface area contributed by atoms with Crippen LogP contribution in [0.4, 0.5) is 0 Å². The maximum atomic E-state index is 5.32. The average Bonchev–Trinajstić information content (AvgIpc) is 2.60. The number of hydrogen-bond donors (Lipinski definition) is 1. The summed E-state index contributed by atoms with van der Waals surface area (Å²) in [6, 6.07) is 8.39. The minimum Gasteiger partial charge on any atom is -0.337 e. The fourth-order valence-corrected chi connectivity index (χ4v) is 2.11. The fourth-order valence-electron chi connectivity index (χ4n) is 1.84. The first kappa shape index (κ1) is 11.1. The van der Waals surface area contributed by atoms with E-state index < -0.39 is 0 Å². The zero-order chi connectivity index (χ0) is 11.7. The van der Waals surface area contributed by atoms with E-state index in [1.54, 1.807) is 0 Å². The molecule has 0 fully saturated rings. The molecule has 0 aliphatic heterocycles. The van der Waals surface area contributed by atoms with Crippen LogP contribution < -0.4 is 0 Å². The number of benzene rings is 1. The molecule has 2 rings (SSSR count). The third-order valence-electron chi connectivity index (χ3n) is 2.66. The van der Waals surface area contributed by atoms with Crippen molar-refractivity contribution in [2.75, 3.05) is 0 Å². The van der Waals surface area contributed by atoms with Gasteiger partial charge in [-0.25, -0.2) is 0 Å². The molecule has 0 radical (unpaired) electrons. The molecule has 1 aromatic heterocycles. The standard InChI is InChI=1S/C13H16N2S/c1-9(2)12-8-14-13(16)15(12)11-6-4-5-10(3)7-11/h4-9H,1-3H3,(H,14,16). The molecule has 1 heterocycles. The van der Waals surface area contributed by atoms with Gasteiger partial charge < -0.3 is 4.98 Å². The zero-order valence-electron chi connectivity index (χ0n) is 9.82. The molecule has 0 bridgehead atoms. The van der Waals surface area contributed by atoms with Crippen LogP contribution >= 0.6 is 12.2 Å². The van der Waals surface area contributed by atoms with Crippen molar-refractivity contribution >= 4 is 12.2 Å². The Kier molecular flexibility index (Phi) is 2.97. The number of aromatic amines is 1. The summed E-state index contributed by atoms with van der Waals surface area (Å²) in [4.78, 5) is 3.11. The van der Waals surface area contributed by atoms with Gasteiger partial charge in [0, 0.05) is 17.6 Å². The summed E-state index contributed by atoms with van der Waals surface area (Å²) < 4.78 is 2.86. The van der Waals surface area contributed by atoms with E-state index in [4.69, 9.17) is 12.2 Å². The Morgan fingerprint density at radius 2 is 2.06 bits per heavy atom. The Morgan fingerprint density at radius 3 is 2.69 bits per heavy atom. The molecule has 1 aromatic carbocycles. The third-order valence-corrected chi connectivity index (χ3v) is 2.96. The Bertz CT molecular complexity index is 549. The molecule has 2 nitrogen and oxygen atoms in total. The predicted molar refractivity (Wildman–Crippen MR) is 69.8 cm³/mol. The maximum absolute atomic E-state index is 5.32. The van der Waals surface area contributed by atoms with Crippen LogP contribution in [0.1, 0.15) is 31.0 Å². The molecule has 0 saturated carbocycles. The number of H-pyrrole nitrogens is 1. The Hall–Kier alpha value is -1.35. The number of aromatic nitrogens is 2. The topological polar surface area (TPSA) is 20.7 Å². The minimum absolute atomic E-state index is 0.452. The summed E-state index contributed by atoms with van der Waals surface area (Å²) >= 11 is 5.32. The Morgan fingerprint density at radius 1 is 1.31 bits per heavy atom. The molecule has 2 aromatic rings. The number of imidazole rings is 1. The molecular formula is C13H16N2S. The van der Waals surface area contributed by atoms with Gasteiger partial charge in [-0.15, -0.1) is 0 Å². The van der Waals surface area contributed by atoms with Crippen LogP contribution in [0, 0.1) is 11.7 Å². The number of rotatable bonds is 2. The van der Waals surface area contributed by atoms with Crippen molar-refractivity contribution in [3.05, 3.63) is 46.5 Å². The molecule has 0 unspecified atom stereocenters. The normalized spacial score (nSPS) is 11.0. The second-order valence-corrected chi connectivity index (χ2v) is 4.73. The van der Waals surface area contributed by atoms with Crippen molar-refractivity contribution in [1.29, 1.82) is 0 Å². The van der Waals surface area contributed by atoms with Gasteiger partial charge in [0.1, 0.15) is 0 Å². The highest BCUT2D eigenvalue weighted by Gasteiger charge is 2.09. The molecule has 0 spiro atoms. The van der Waals surface area contributed by atoms with Crippen LogP contribution in [0.2, 0.25) is 0 Å². The first-order chi connectivity index (χ1) is 7.59. The van der Waals surface area contributed by atoms with Crippen LogP contribution in [0.3, 0.4) is 0 Å². The second kappa shape index (κ2) is 4.26. The SMILES string of the molecule is Cc1cccc(-n2c(C(C)C)c[nH]c2=S)c1. The quantitative estimate of drug-likeness (QED) is 0.777. The lowest BCUT2D eigenvalue weighted by molar-refractivity contribution is 0.783. The van der Waals surface area contributed by atoms with E-state index in [2.05, 4.69) is 54.6 Å². The van der Waals surface area contributed by atoms with Crippen molar-refractivity contribution < 1.29 is 0 Å². The lowest BCUT2D eigenvalue weighted by atomic mass is 10.1. The zero-order valence-corrected chi connectivity index (χ0v) is 10.6. The van der Waals surface area contributed by atoms with Crippen molar-refractivity contribution in [3.8, 4) is 5.69 Å². The van der Waals surface area contributed by atoms with Gasteiger partial charge in [0.25, 0.3) is 0 Å². The van der Waals surface area contributed by atoms with Gasteiger partial charge in [0.2, 0.25) is 0 Å². The van der Waals surface area contributed by atoms with E-state index in [1.807, 2.05) is 6.20 Å². The van der Waals surface area contributed by atoms with Gasteiger partial charge >= 0.3 is 0 Å². The van der Waals surface area contributed by atoms with E-state index in [0.29, 0.717) is 5.92 Å². The van der Waals surface area contributed by atoms with Crippen LogP contribution in [0.5, 0.6) is 0 Å². The molecule has 1 N–H and O–H groups in total. The third kappa shape index (κ3) is 1.95. The van der Waals surface area contributed by atoms with Crippen molar-refractivity contribution in [2.24, 2.45) is 0 Å². The Balaban J connectivity index is 2.63. The van der Waals surface area contributed by atoms with Crippen LogP contribution in [0.15, 0.2) is 30.5 Å². The van der Waals surface area contributed by atoms with Crippen LogP contribution in [-0.2, 0) is 0 Å². The number of nitrogens with one attached hydrogen (secondary N) is 1. The summed E-state index contributed by atoms with van der Waals surface area (Å²) in [6.07, 6.45) is 2.00. The molecule has 0 aliphatic carbocycles. The number of aryl methyl sites for hydroxylation is 1. The summed E-state index contributed by atoms with van der Waals surface area (Å²) in [7, 11) is 0. The van der Waals surface area contributed by atoms with E-state index in [0.717, 1.165) is 10.5 Å². The highest BCUT2D eigenvalue weighted by Crippen LogP contribution is 2.20. The van der Waals surface area contributed by atoms with Crippen molar-refractivity contribution in [2.45, 2.75) is 26.7 Å². The summed E-state index contributed by atoms with van der Waals surface area (Å²) in [5.74, 6) is 0.452. The molecule has 0 atom stereocenters. The number of nitrogens with zero attached hydrogens (tertiary/aromatic N) is 1.